The topological polar surface area (TPSA) is 127 Å². The summed E-state index contributed by atoms with van der Waals surface area (Å²) in [5, 5.41) is 19.5. The summed E-state index contributed by atoms with van der Waals surface area (Å²) < 4.78 is 15.3. The van der Waals surface area contributed by atoms with Crippen LogP contribution in [0.3, 0.4) is 0 Å². The van der Waals surface area contributed by atoms with E-state index < -0.39 is 35.3 Å². The number of aromatic hydroxyl groups is 1. The maximum atomic E-state index is 12.9. The normalized spacial score (nSPS) is 11.0. The number of carbonyl (C=O) groups is 1. The molecule has 2 N–H and O–H groups in total. The minimum Gasteiger partial charge on any atom is -0.480 e. The lowest BCUT2D eigenvalue weighted by Gasteiger charge is -2.09. The number of hydrogen-bond donors (Lipinski definition) is 2. The molecule has 0 radical (unpaired) electrons. The van der Waals surface area contributed by atoms with Crippen molar-refractivity contribution in [3.63, 3.8) is 0 Å². The van der Waals surface area contributed by atoms with E-state index in [0.717, 1.165) is 0 Å². The molecule has 8 nitrogen and oxygen atoms in total. The van der Waals surface area contributed by atoms with Crippen LogP contribution in [-0.4, -0.2) is 16.4 Å². The summed E-state index contributed by atoms with van der Waals surface area (Å²) in [7, 11) is 0. The molecule has 0 atom stereocenters. The van der Waals surface area contributed by atoms with Crippen LogP contribution in [0.25, 0.3) is 21.9 Å². The number of fused-ring (bicyclic) bond motifs is 2. The number of carboxylic acid groups (broad SMARTS) is 1. The average Bonchev–Trinajstić information content (AvgIpc) is 2.67. The van der Waals surface area contributed by atoms with Crippen molar-refractivity contribution in [1.82, 2.24) is 0 Å². The third-order valence-electron chi connectivity index (χ3n) is 4.26. The fourth-order valence-electron chi connectivity index (χ4n) is 2.98. The average molecular weight is 380 g/mol. The number of rotatable bonds is 3. The molecule has 0 saturated carbocycles. The molecule has 2 aromatic carbocycles. The molecule has 0 bridgehead atoms. The molecule has 0 fully saturated rings. The first-order chi connectivity index (χ1) is 13.5. The largest absolute Gasteiger partial charge is 0.513 e. The second-order valence-electron chi connectivity index (χ2n) is 5.95. The summed E-state index contributed by atoms with van der Waals surface area (Å²) in [6.45, 7) is 0. The summed E-state index contributed by atoms with van der Waals surface area (Å²) in [4.78, 5) is 36.6. The van der Waals surface area contributed by atoms with Crippen molar-refractivity contribution in [3.05, 3.63) is 80.1 Å². The molecule has 140 valence electrons. The van der Waals surface area contributed by atoms with Gasteiger partial charge in [0.1, 0.15) is 11.2 Å². The molecule has 0 aliphatic heterocycles. The Morgan fingerprint density at radius 1 is 0.857 bits per heavy atom. The Morgan fingerprint density at radius 3 is 2.00 bits per heavy atom. The summed E-state index contributed by atoms with van der Waals surface area (Å²) in [6.07, 6.45) is -2.12. The molecule has 0 saturated heterocycles. The number of ether oxygens (including phenoxy) is 1. The van der Waals surface area contributed by atoms with Gasteiger partial charge in [-0.05, 0) is 24.3 Å². The first-order valence-electron chi connectivity index (χ1n) is 8.15. The lowest BCUT2D eigenvalue weighted by Crippen LogP contribution is -2.18. The van der Waals surface area contributed by atoms with Gasteiger partial charge in [0.05, 0.1) is 21.9 Å². The van der Waals surface area contributed by atoms with Gasteiger partial charge in [-0.15, -0.1) is 0 Å². The Balaban J connectivity index is 1.96. The van der Waals surface area contributed by atoms with E-state index in [2.05, 4.69) is 4.74 Å². The highest BCUT2D eigenvalue weighted by molar-refractivity contribution is 5.79. The van der Waals surface area contributed by atoms with Crippen LogP contribution in [-0.2, 0) is 6.42 Å². The van der Waals surface area contributed by atoms with Gasteiger partial charge in [0, 0.05) is 6.42 Å². The molecule has 4 aromatic rings. The van der Waals surface area contributed by atoms with Crippen LogP contribution in [0, 0.1) is 0 Å². The van der Waals surface area contributed by atoms with Crippen LogP contribution < -0.4 is 15.6 Å². The van der Waals surface area contributed by atoms with Crippen LogP contribution in [0.15, 0.2) is 67.0 Å². The molecule has 0 aliphatic carbocycles. The predicted molar refractivity (Wildman–Crippen MR) is 98.1 cm³/mol. The minimum atomic E-state index is -1.69. The van der Waals surface area contributed by atoms with Crippen molar-refractivity contribution >= 4 is 28.1 Å². The molecular weight excluding hydrogens is 368 g/mol. The highest BCUT2D eigenvalue weighted by Crippen LogP contribution is 2.27. The zero-order valence-electron chi connectivity index (χ0n) is 14.2. The molecule has 0 amide bonds. The van der Waals surface area contributed by atoms with Crippen molar-refractivity contribution in [1.29, 1.82) is 0 Å². The van der Waals surface area contributed by atoms with Gasteiger partial charge >= 0.3 is 12.1 Å². The lowest BCUT2D eigenvalue weighted by molar-refractivity contribution is 0.132. The fraction of sp³-hybridized carbons (Fsp3) is 0.0500. The van der Waals surface area contributed by atoms with Crippen LogP contribution in [0.1, 0.15) is 11.1 Å². The van der Waals surface area contributed by atoms with Crippen molar-refractivity contribution in [2.75, 3.05) is 0 Å². The molecule has 0 spiro atoms. The highest BCUT2D eigenvalue weighted by Gasteiger charge is 2.23. The zero-order valence-corrected chi connectivity index (χ0v) is 14.2. The third kappa shape index (κ3) is 2.86. The van der Waals surface area contributed by atoms with Crippen molar-refractivity contribution in [3.8, 4) is 11.9 Å². The Labute approximate surface area is 155 Å². The van der Waals surface area contributed by atoms with Crippen molar-refractivity contribution in [2.24, 2.45) is 0 Å². The third-order valence-corrected chi connectivity index (χ3v) is 4.26. The summed E-state index contributed by atoms with van der Waals surface area (Å²) in [5.74, 6) is -1.24. The Kier molecular flexibility index (Phi) is 4.08. The number of hydrogen-bond acceptors (Lipinski definition) is 7. The molecule has 2 heterocycles. The SMILES string of the molecule is O=C(O)Oc1oc2ccccc2c(=O)c1Cc1c(O)oc2ccccc2c1=O. The quantitative estimate of drug-likeness (QED) is 0.519. The van der Waals surface area contributed by atoms with E-state index in [1.807, 2.05) is 0 Å². The van der Waals surface area contributed by atoms with Crippen LogP contribution in [0.4, 0.5) is 4.79 Å². The smallest absolute Gasteiger partial charge is 0.480 e. The summed E-state index contributed by atoms with van der Waals surface area (Å²) in [6, 6.07) is 12.5. The zero-order chi connectivity index (χ0) is 19.8. The van der Waals surface area contributed by atoms with E-state index in [-0.39, 0.29) is 33.1 Å². The Hall–Kier alpha value is -4.07. The first-order valence-corrected chi connectivity index (χ1v) is 8.15. The maximum Gasteiger partial charge on any atom is 0.513 e. The Morgan fingerprint density at radius 2 is 1.39 bits per heavy atom. The molecular formula is C20H12O8. The van der Waals surface area contributed by atoms with E-state index >= 15 is 0 Å². The van der Waals surface area contributed by atoms with Gasteiger partial charge in [-0.2, -0.15) is 0 Å². The molecule has 2 aromatic heterocycles. The van der Waals surface area contributed by atoms with Gasteiger partial charge < -0.3 is 23.8 Å². The van der Waals surface area contributed by atoms with Crippen molar-refractivity contribution in [2.45, 2.75) is 6.42 Å². The van der Waals surface area contributed by atoms with E-state index in [4.69, 9.17) is 13.9 Å². The van der Waals surface area contributed by atoms with E-state index in [0.29, 0.717) is 0 Å². The monoisotopic (exact) mass is 380 g/mol. The second kappa shape index (κ2) is 6.58. The van der Waals surface area contributed by atoms with Gasteiger partial charge in [-0.3, -0.25) is 9.59 Å². The van der Waals surface area contributed by atoms with Gasteiger partial charge in [0.2, 0.25) is 0 Å². The molecule has 0 aliphatic rings. The molecule has 4 rings (SSSR count). The van der Waals surface area contributed by atoms with Crippen LogP contribution in [0.5, 0.6) is 11.9 Å². The Bertz CT molecular complexity index is 1350. The van der Waals surface area contributed by atoms with E-state index in [1.54, 1.807) is 24.3 Å². The van der Waals surface area contributed by atoms with E-state index in [1.165, 1.54) is 24.3 Å². The fourth-order valence-corrected chi connectivity index (χ4v) is 2.98. The predicted octanol–water partition coefficient (Wildman–Crippen LogP) is 3.25. The van der Waals surface area contributed by atoms with Gasteiger partial charge in [0.25, 0.3) is 5.95 Å². The van der Waals surface area contributed by atoms with Crippen molar-refractivity contribution < 1.29 is 28.6 Å². The maximum absolute atomic E-state index is 12.9. The number of benzene rings is 2. The molecule has 28 heavy (non-hydrogen) atoms. The minimum absolute atomic E-state index is 0.127. The molecule has 8 heteroatoms. The number of para-hydroxylation sites is 2. The summed E-state index contributed by atoms with van der Waals surface area (Å²) in [5.41, 5.74) is -1.25. The van der Waals surface area contributed by atoms with Gasteiger partial charge in [-0.25, -0.2) is 4.79 Å². The van der Waals surface area contributed by atoms with Gasteiger partial charge in [0.15, 0.2) is 10.9 Å². The standard InChI is InChI=1S/C20H12O8/c21-16-10-5-1-3-7-14(10)26-18(23)12(16)9-13-17(22)11-6-2-4-8-15(11)27-19(13)28-20(24)25/h1-8,23H,9H2,(H,24,25). The summed E-state index contributed by atoms with van der Waals surface area (Å²) >= 11 is 0. The highest BCUT2D eigenvalue weighted by atomic mass is 16.7. The van der Waals surface area contributed by atoms with E-state index in [9.17, 15) is 19.5 Å². The molecule has 0 unspecified atom stereocenters. The lowest BCUT2D eigenvalue weighted by atomic mass is 10.0. The first kappa shape index (κ1) is 17.3. The van der Waals surface area contributed by atoms with Crippen LogP contribution in [0.2, 0.25) is 0 Å². The van der Waals surface area contributed by atoms with Crippen LogP contribution >= 0.6 is 0 Å². The van der Waals surface area contributed by atoms with Gasteiger partial charge in [-0.1, -0.05) is 24.3 Å². The second-order valence-corrected chi connectivity index (χ2v) is 5.95.